The van der Waals surface area contributed by atoms with E-state index in [2.05, 4.69) is 41.5 Å². The summed E-state index contributed by atoms with van der Waals surface area (Å²) >= 11 is 0. The molecule has 0 aromatic carbocycles. The maximum absolute atomic E-state index is 13.1. The minimum Gasteiger partial charge on any atom is -0.462 e. The molecule has 0 saturated heterocycles. The van der Waals surface area contributed by atoms with Crippen LogP contribution < -0.4 is 0 Å². The number of phosphoric acid groups is 2. The molecule has 17 nitrogen and oxygen atoms in total. The third-order valence-electron chi connectivity index (χ3n) is 20.1. The van der Waals surface area contributed by atoms with E-state index in [4.69, 9.17) is 37.0 Å². The number of rotatable bonds is 83. The SMILES string of the molecule is CCCCCCCCCCCCCCCCCCCCCCCCC(=O)OC[C@H](COP(=O)(O)OC[C@@H](O)COP(=O)(O)OC[C@@H](COC(=O)CCCCCCCCCC)OC(=O)CCCCCCCCCCC(C)C)OC(=O)CCCCCCCCCCCCCCCCCCCCC(C)CC. The van der Waals surface area contributed by atoms with E-state index in [0.29, 0.717) is 25.7 Å². The van der Waals surface area contributed by atoms with E-state index in [1.807, 2.05) is 0 Å². The topological polar surface area (TPSA) is 237 Å². The lowest BCUT2D eigenvalue weighted by Crippen LogP contribution is -2.30. The van der Waals surface area contributed by atoms with Crippen molar-refractivity contribution in [3.8, 4) is 0 Å². The highest BCUT2D eigenvalue weighted by Crippen LogP contribution is 2.45. The molecule has 0 aliphatic heterocycles. The molecule has 6 atom stereocenters. The van der Waals surface area contributed by atoms with Crippen molar-refractivity contribution >= 4 is 39.5 Å². The highest BCUT2D eigenvalue weighted by Gasteiger charge is 2.30. The van der Waals surface area contributed by atoms with Crippen molar-refractivity contribution in [3.63, 3.8) is 0 Å². The van der Waals surface area contributed by atoms with Gasteiger partial charge in [-0.15, -0.1) is 0 Å². The number of hydrogen-bond donors (Lipinski definition) is 3. The van der Waals surface area contributed by atoms with E-state index >= 15 is 0 Å². The van der Waals surface area contributed by atoms with Gasteiger partial charge in [0.05, 0.1) is 26.4 Å². The van der Waals surface area contributed by atoms with Crippen molar-refractivity contribution in [2.24, 2.45) is 11.8 Å². The second-order valence-corrected chi connectivity index (χ2v) is 33.8. The molecule has 0 aliphatic rings. The fraction of sp³-hybridized carbons (Fsp3) is 0.952. The predicted octanol–water partition coefficient (Wildman–Crippen LogP) is 25.5. The van der Waals surface area contributed by atoms with Crippen molar-refractivity contribution in [3.05, 3.63) is 0 Å². The number of carbonyl (C=O) groups is 4. The van der Waals surface area contributed by atoms with Crippen LogP contribution in [0.25, 0.3) is 0 Å². The first-order valence-electron chi connectivity index (χ1n) is 43.5. The van der Waals surface area contributed by atoms with Crippen LogP contribution in [0.4, 0.5) is 0 Å². The lowest BCUT2D eigenvalue weighted by atomic mass is 9.99. The minimum atomic E-state index is -4.96. The molecule has 0 aromatic heterocycles. The van der Waals surface area contributed by atoms with Gasteiger partial charge in [-0.05, 0) is 37.5 Å². The lowest BCUT2D eigenvalue weighted by molar-refractivity contribution is -0.161. The van der Waals surface area contributed by atoms with Crippen molar-refractivity contribution in [1.82, 2.24) is 0 Å². The number of carbonyl (C=O) groups excluding carboxylic acids is 4. The normalized spacial score (nSPS) is 14.1. The molecular formula is C84H164O17P2. The Morgan fingerprint density at radius 1 is 0.282 bits per heavy atom. The first-order valence-corrected chi connectivity index (χ1v) is 46.5. The molecule has 0 fully saturated rings. The van der Waals surface area contributed by atoms with Gasteiger partial charge in [0.15, 0.2) is 12.2 Å². The quantitative estimate of drug-likeness (QED) is 0.0222. The Balaban J connectivity index is 5.14. The van der Waals surface area contributed by atoms with Crippen LogP contribution in [-0.2, 0) is 65.4 Å². The molecule has 103 heavy (non-hydrogen) atoms. The number of aliphatic hydroxyl groups is 1. The molecule has 3 unspecified atom stereocenters. The van der Waals surface area contributed by atoms with E-state index in [1.165, 1.54) is 257 Å². The van der Waals surface area contributed by atoms with Crippen molar-refractivity contribution in [2.75, 3.05) is 39.6 Å². The lowest BCUT2D eigenvalue weighted by Gasteiger charge is -2.21. The molecule has 0 heterocycles. The van der Waals surface area contributed by atoms with Crippen LogP contribution >= 0.6 is 15.6 Å². The molecular weight excluding hydrogens is 1340 g/mol. The average molecular weight is 1510 g/mol. The molecule has 0 saturated carbocycles. The highest BCUT2D eigenvalue weighted by atomic mass is 31.2. The largest absolute Gasteiger partial charge is 0.472 e. The summed E-state index contributed by atoms with van der Waals surface area (Å²) in [6, 6.07) is 0. The number of hydrogen-bond acceptors (Lipinski definition) is 15. The second-order valence-electron chi connectivity index (χ2n) is 30.9. The van der Waals surface area contributed by atoms with Gasteiger partial charge >= 0.3 is 39.5 Å². The summed E-state index contributed by atoms with van der Waals surface area (Å²) in [5.41, 5.74) is 0. The maximum Gasteiger partial charge on any atom is 0.472 e. The average Bonchev–Trinajstić information content (AvgIpc) is 0.912. The van der Waals surface area contributed by atoms with Crippen molar-refractivity contribution in [1.29, 1.82) is 0 Å². The molecule has 0 aromatic rings. The summed E-state index contributed by atoms with van der Waals surface area (Å²) in [6.07, 6.45) is 67.0. The van der Waals surface area contributed by atoms with Crippen LogP contribution in [0.1, 0.15) is 446 Å². The van der Waals surface area contributed by atoms with Gasteiger partial charge in [-0.1, -0.05) is 395 Å². The van der Waals surface area contributed by atoms with Gasteiger partial charge in [0.25, 0.3) is 0 Å². The van der Waals surface area contributed by atoms with E-state index in [-0.39, 0.29) is 25.7 Å². The second kappa shape index (κ2) is 75.5. The van der Waals surface area contributed by atoms with Crippen LogP contribution in [0, 0.1) is 11.8 Å². The Labute approximate surface area is 632 Å². The number of ether oxygens (including phenoxy) is 4. The Hall–Kier alpha value is -1.94. The van der Waals surface area contributed by atoms with Gasteiger partial charge in [0.1, 0.15) is 19.3 Å². The molecule has 19 heteroatoms. The summed E-state index contributed by atoms with van der Waals surface area (Å²) in [5, 5.41) is 10.6. The molecule has 0 aliphatic carbocycles. The zero-order chi connectivity index (χ0) is 75.6. The molecule has 0 amide bonds. The molecule has 0 spiro atoms. The fourth-order valence-corrected chi connectivity index (χ4v) is 14.6. The smallest absolute Gasteiger partial charge is 0.462 e. The number of aliphatic hydroxyl groups excluding tert-OH is 1. The first kappa shape index (κ1) is 101. The van der Waals surface area contributed by atoms with E-state index in [0.717, 1.165) is 108 Å². The first-order chi connectivity index (χ1) is 49.9. The number of esters is 4. The Kier molecular flexibility index (Phi) is 74.1. The number of phosphoric ester groups is 2. The molecule has 0 rings (SSSR count). The van der Waals surface area contributed by atoms with Crippen molar-refractivity contribution in [2.45, 2.75) is 464 Å². The zero-order valence-corrected chi connectivity index (χ0v) is 69.4. The monoisotopic (exact) mass is 1510 g/mol. The predicted molar refractivity (Wildman–Crippen MR) is 423 cm³/mol. The fourth-order valence-electron chi connectivity index (χ4n) is 13.0. The van der Waals surface area contributed by atoms with Gasteiger partial charge in [0.2, 0.25) is 0 Å². The third kappa shape index (κ3) is 76.6. The summed E-state index contributed by atoms with van der Waals surface area (Å²) < 4.78 is 68.7. The Bertz CT molecular complexity index is 1980. The summed E-state index contributed by atoms with van der Waals surface area (Å²) in [4.78, 5) is 72.9. The maximum atomic E-state index is 13.1. The van der Waals surface area contributed by atoms with E-state index < -0.39 is 97.5 Å². The van der Waals surface area contributed by atoms with Crippen molar-refractivity contribution < 1.29 is 80.2 Å². The molecule has 3 N–H and O–H groups in total. The summed E-state index contributed by atoms with van der Waals surface area (Å²) in [7, 11) is -9.92. The summed E-state index contributed by atoms with van der Waals surface area (Å²) in [6.45, 7) is 9.64. The zero-order valence-electron chi connectivity index (χ0n) is 67.6. The van der Waals surface area contributed by atoms with Crippen LogP contribution in [0.5, 0.6) is 0 Å². The van der Waals surface area contributed by atoms with E-state index in [1.54, 1.807) is 0 Å². The van der Waals surface area contributed by atoms with Crippen LogP contribution in [0.3, 0.4) is 0 Å². The molecule has 0 bridgehead atoms. The van der Waals surface area contributed by atoms with Crippen LogP contribution in [0.15, 0.2) is 0 Å². The van der Waals surface area contributed by atoms with E-state index in [9.17, 15) is 43.2 Å². The summed E-state index contributed by atoms with van der Waals surface area (Å²) in [5.74, 6) is -0.523. The Morgan fingerprint density at radius 2 is 0.495 bits per heavy atom. The third-order valence-corrected chi connectivity index (χ3v) is 22.0. The highest BCUT2D eigenvalue weighted by molar-refractivity contribution is 7.47. The number of unbranched alkanes of at least 4 members (excludes halogenated alkanes) is 52. The van der Waals surface area contributed by atoms with Gasteiger partial charge in [0, 0.05) is 25.7 Å². The van der Waals surface area contributed by atoms with Gasteiger partial charge in [-0.2, -0.15) is 0 Å². The van der Waals surface area contributed by atoms with Gasteiger partial charge in [-0.3, -0.25) is 37.3 Å². The van der Waals surface area contributed by atoms with Crippen LogP contribution in [-0.4, -0.2) is 96.7 Å². The van der Waals surface area contributed by atoms with Gasteiger partial charge < -0.3 is 33.8 Å². The molecule has 612 valence electrons. The minimum absolute atomic E-state index is 0.105. The molecule has 0 radical (unpaired) electrons. The standard InChI is InChI=1S/C84H164O17P2/c1-7-10-12-14-16-18-19-20-21-22-23-24-25-26-30-33-36-39-42-49-55-61-67-82(87)95-73-80(100-83(88)68-62-56-50-43-40-37-34-31-28-27-29-32-35-38-41-47-53-59-65-77(6)9-3)75-99-103(92,93)97-71-78(85)70-96-102(90,91)98-74-79(72-94-81(86)66-60-54-48-17-15-13-11-8-2)101-84(89)69-63-57-51-45-44-46-52-58-64-76(4)5/h76-80,85H,7-75H2,1-6H3,(H,90,91)(H,92,93)/t77?,78-,79+,80+/m0/s1. The van der Waals surface area contributed by atoms with Gasteiger partial charge in [-0.25, -0.2) is 9.13 Å². The Morgan fingerprint density at radius 3 is 0.738 bits per heavy atom. The van der Waals surface area contributed by atoms with Crippen LogP contribution in [0.2, 0.25) is 0 Å².